The van der Waals surface area contributed by atoms with Crippen molar-refractivity contribution in [1.82, 2.24) is 20.0 Å². The molecule has 31 heavy (non-hydrogen) atoms. The van der Waals surface area contributed by atoms with E-state index in [0.29, 0.717) is 6.54 Å². The van der Waals surface area contributed by atoms with Crippen molar-refractivity contribution in [3.63, 3.8) is 0 Å². The summed E-state index contributed by atoms with van der Waals surface area (Å²) in [6.07, 6.45) is -2.31. The van der Waals surface area contributed by atoms with E-state index in [4.69, 9.17) is 4.74 Å². The summed E-state index contributed by atoms with van der Waals surface area (Å²) in [7, 11) is 6.05. The van der Waals surface area contributed by atoms with Gasteiger partial charge in [0.1, 0.15) is 0 Å². The molecule has 2 fully saturated rings. The van der Waals surface area contributed by atoms with E-state index in [-0.39, 0.29) is 5.54 Å². The number of hydrogen-bond donors (Lipinski definition) is 1. The summed E-state index contributed by atoms with van der Waals surface area (Å²) in [5.41, 5.74) is 0.367. The molecule has 0 radical (unpaired) electrons. The number of nitrogens with zero attached hydrogens (tertiary/aromatic N) is 4. The first-order chi connectivity index (χ1) is 14.7. The molecular weight excluding hydrogens is 407 g/mol. The molecule has 1 aromatic carbocycles. The minimum atomic E-state index is -4.29. The topological polar surface area (TPSA) is 43.3 Å². The maximum absolute atomic E-state index is 12.7. The average molecular weight is 442 g/mol. The molecule has 0 saturated carbocycles. The van der Waals surface area contributed by atoms with Gasteiger partial charge in [-0.25, -0.2) is 0 Å². The zero-order valence-corrected chi connectivity index (χ0v) is 18.7. The number of piperazine rings is 1. The molecule has 0 atom stereocenters. The largest absolute Gasteiger partial charge is 0.416 e. The molecule has 1 aromatic rings. The highest BCUT2D eigenvalue weighted by molar-refractivity contribution is 5.80. The van der Waals surface area contributed by atoms with Gasteiger partial charge in [0.05, 0.1) is 5.56 Å². The van der Waals surface area contributed by atoms with Crippen LogP contribution in [0, 0.1) is 0 Å². The molecule has 0 bridgehead atoms. The van der Waals surface area contributed by atoms with E-state index in [2.05, 4.69) is 39.1 Å². The van der Waals surface area contributed by atoms with Crippen molar-refractivity contribution in [3.05, 3.63) is 35.4 Å². The Hall–Kier alpha value is -1.84. The third-order valence-electron chi connectivity index (χ3n) is 6.52. The Morgan fingerprint density at radius 2 is 1.71 bits per heavy atom. The fourth-order valence-electron chi connectivity index (χ4n) is 4.28. The van der Waals surface area contributed by atoms with Crippen molar-refractivity contribution in [2.24, 2.45) is 4.99 Å². The molecule has 0 amide bonds. The monoisotopic (exact) mass is 441 g/mol. The minimum Gasteiger partial charge on any atom is -0.381 e. The second-order valence-electron chi connectivity index (χ2n) is 8.59. The predicted molar refractivity (Wildman–Crippen MR) is 116 cm³/mol. The average Bonchev–Trinajstić information content (AvgIpc) is 2.75. The normalized spacial score (nSPS) is 20.9. The van der Waals surface area contributed by atoms with Crippen LogP contribution in [0.25, 0.3) is 0 Å². The van der Waals surface area contributed by atoms with E-state index in [1.54, 1.807) is 12.1 Å². The van der Waals surface area contributed by atoms with Gasteiger partial charge in [0.25, 0.3) is 0 Å². The number of aliphatic imine (C=N–C) groups is 1. The van der Waals surface area contributed by atoms with Gasteiger partial charge in [0.15, 0.2) is 5.96 Å². The molecule has 1 N–H and O–H groups in total. The van der Waals surface area contributed by atoms with Crippen molar-refractivity contribution in [2.45, 2.75) is 31.1 Å². The number of likely N-dealkylation sites (N-methyl/N-ethyl adjacent to an activating group) is 1. The Morgan fingerprint density at radius 3 is 2.23 bits per heavy atom. The molecule has 6 nitrogen and oxygen atoms in total. The second kappa shape index (κ2) is 10.2. The third-order valence-corrected chi connectivity index (χ3v) is 6.52. The Bertz CT molecular complexity index is 722. The Balaban J connectivity index is 1.49. The minimum absolute atomic E-state index is 0.0680. The van der Waals surface area contributed by atoms with Crippen LogP contribution in [0.15, 0.2) is 29.3 Å². The number of guanidine groups is 1. The summed E-state index contributed by atoms with van der Waals surface area (Å²) in [6, 6.07) is 5.47. The molecule has 3 rings (SSSR count). The Kier molecular flexibility index (Phi) is 7.82. The maximum Gasteiger partial charge on any atom is 0.416 e. The number of hydrogen-bond acceptors (Lipinski definition) is 4. The van der Waals surface area contributed by atoms with Crippen LogP contribution in [0.2, 0.25) is 0 Å². The number of ether oxygens (including phenoxy) is 1. The maximum atomic E-state index is 12.7. The fraction of sp³-hybridized carbons (Fsp3) is 0.682. The van der Waals surface area contributed by atoms with E-state index >= 15 is 0 Å². The van der Waals surface area contributed by atoms with Crippen molar-refractivity contribution in [1.29, 1.82) is 0 Å². The zero-order chi connectivity index (χ0) is 22.5. The van der Waals surface area contributed by atoms with Crippen LogP contribution in [0.5, 0.6) is 0 Å². The van der Waals surface area contributed by atoms with E-state index in [9.17, 15) is 13.2 Å². The van der Waals surface area contributed by atoms with Gasteiger partial charge in [-0.05, 0) is 44.6 Å². The van der Waals surface area contributed by atoms with Crippen LogP contribution >= 0.6 is 0 Å². The van der Waals surface area contributed by atoms with Crippen LogP contribution in [-0.2, 0) is 17.5 Å². The quantitative estimate of drug-likeness (QED) is 0.562. The van der Waals surface area contributed by atoms with Gasteiger partial charge in [-0.1, -0.05) is 12.1 Å². The van der Waals surface area contributed by atoms with Crippen molar-refractivity contribution in [3.8, 4) is 0 Å². The van der Waals surface area contributed by atoms with Gasteiger partial charge in [0, 0.05) is 65.1 Å². The molecule has 2 aliphatic rings. The molecule has 2 saturated heterocycles. The van der Waals surface area contributed by atoms with Crippen LogP contribution < -0.4 is 5.32 Å². The highest BCUT2D eigenvalue weighted by Crippen LogP contribution is 2.29. The lowest BCUT2D eigenvalue weighted by atomic mass is 9.88. The smallest absolute Gasteiger partial charge is 0.381 e. The van der Waals surface area contributed by atoms with Crippen molar-refractivity contribution < 1.29 is 17.9 Å². The Labute approximate surface area is 183 Å². The number of rotatable bonds is 5. The Morgan fingerprint density at radius 1 is 1.10 bits per heavy atom. The van der Waals surface area contributed by atoms with E-state index < -0.39 is 11.7 Å². The van der Waals surface area contributed by atoms with E-state index in [0.717, 1.165) is 82.4 Å². The van der Waals surface area contributed by atoms with Gasteiger partial charge in [0.2, 0.25) is 0 Å². The lowest BCUT2D eigenvalue weighted by Gasteiger charge is -2.44. The van der Waals surface area contributed by atoms with Crippen molar-refractivity contribution >= 4 is 5.96 Å². The number of alkyl halides is 3. The van der Waals surface area contributed by atoms with Gasteiger partial charge in [-0.15, -0.1) is 0 Å². The van der Waals surface area contributed by atoms with Crippen molar-refractivity contribution in [2.75, 3.05) is 67.1 Å². The summed E-state index contributed by atoms with van der Waals surface area (Å²) >= 11 is 0. The molecule has 0 aliphatic carbocycles. The van der Waals surface area contributed by atoms with Crippen LogP contribution in [-0.4, -0.2) is 93.3 Å². The van der Waals surface area contributed by atoms with E-state index in [1.165, 1.54) is 0 Å². The second-order valence-corrected chi connectivity index (χ2v) is 8.59. The molecule has 0 unspecified atom stereocenters. The first kappa shape index (κ1) is 23.8. The highest BCUT2D eigenvalue weighted by atomic mass is 19.4. The molecular formula is C22H34F3N5O. The zero-order valence-electron chi connectivity index (χ0n) is 18.7. The van der Waals surface area contributed by atoms with Crippen LogP contribution in [0.3, 0.4) is 0 Å². The SMILES string of the molecule is CN=C(NCC1(N(C)C)CCOCC1)N1CCN(Cc2ccc(C(F)(F)F)cc2)CC1. The summed E-state index contributed by atoms with van der Waals surface area (Å²) in [4.78, 5) is 11.3. The summed E-state index contributed by atoms with van der Waals surface area (Å²) in [5.74, 6) is 0.905. The predicted octanol–water partition coefficient (Wildman–Crippen LogP) is 2.51. The summed E-state index contributed by atoms with van der Waals surface area (Å²) in [6.45, 7) is 6.38. The first-order valence-corrected chi connectivity index (χ1v) is 10.8. The van der Waals surface area contributed by atoms with Gasteiger partial charge in [-0.2, -0.15) is 13.2 Å². The standard InChI is InChI=1S/C22H34F3N5O/c1-26-20(27-17-21(28(2)3)8-14-31-15-9-21)30-12-10-29(11-13-30)16-18-4-6-19(7-5-18)22(23,24)25/h4-7H,8-17H2,1-3H3,(H,26,27). The lowest BCUT2D eigenvalue weighted by Crippen LogP contribution is -2.59. The molecule has 2 aliphatic heterocycles. The summed E-state index contributed by atoms with van der Waals surface area (Å²) in [5, 5.41) is 3.57. The molecule has 0 spiro atoms. The van der Waals surface area contributed by atoms with Gasteiger partial charge >= 0.3 is 6.18 Å². The first-order valence-electron chi connectivity index (χ1n) is 10.8. The van der Waals surface area contributed by atoms with Gasteiger partial charge in [-0.3, -0.25) is 9.89 Å². The lowest BCUT2D eigenvalue weighted by molar-refractivity contribution is -0.137. The fourth-order valence-corrected chi connectivity index (χ4v) is 4.28. The van der Waals surface area contributed by atoms with Crippen LogP contribution in [0.4, 0.5) is 13.2 Å². The number of nitrogens with one attached hydrogen (secondary N) is 1. The van der Waals surface area contributed by atoms with Gasteiger partial charge < -0.3 is 19.9 Å². The molecule has 9 heteroatoms. The number of benzene rings is 1. The summed E-state index contributed by atoms with van der Waals surface area (Å²) < 4.78 is 43.8. The third kappa shape index (κ3) is 6.11. The molecule has 2 heterocycles. The number of halogens is 3. The highest BCUT2D eigenvalue weighted by Gasteiger charge is 2.35. The molecule has 0 aromatic heterocycles. The van der Waals surface area contributed by atoms with E-state index in [1.807, 2.05) is 7.05 Å². The van der Waals surface area contributed by atoms with Crippen LogP contribution in [0.1, 0.15) is 24.0 Å². The molecule has 174 valence electrons.